The number of nitrogens with zero attached hydrogens (tertiary/aromatic N) is 1. The lowest BCUT2D eigenvalue weighted by Crippen LogP contribution is -2.26. The van der Waals surface area contributed by atoms with E-state index in [2.05, 4.69) is 6.92 Å². The lowest BCUT2D eigenvalue weighted by atomic mass is 10.3. The highest BCUT2D eigenvalue weighted by atomic mass is 32.2. The molecule has 1 radical (unpaired) electrons. The molecular formula is C7H14NO2S. The van der Waals surface area contributed by atoms with Gasteiger partial charge < -0.3 is 0 Å². The van der Waals surface area contributed by atoms with Crippen LogP contribution < -0.4 is 0 Å². The van der Waals surface area contributed by atoms with Crippen LogP contribution in [0.2, 0.25) is 0 Å². The Morgan fingerprint density at radius 2 is 2.18 bits per heavy atom. The lowest BCUT2D eigenvalue weighted by molar-refractivity contribution is 0.437. The Morgan fingerprint density at radius 3 is 2.64 bits per heavy atom. The molecule has 1 rings (SSSR count). The Kier molecular flexibility index (Phi) is 2.90. The van der Waals surface area contributed by atoms with Gasteiger partial charge in [-0.3, -0.25) is 0 Å². The minimum absolute atomic E-state index is 0.337. The highest BCUT2D eigenvalue weighted by Crippen LogP contribution is 2.13. The van der Waals surface area contributed by atoms with E-state index in [0.717, 1.165) is 19.3 Å². The van der Waals surface area contributed by atoms with Crippen molar-refractivity contribution < 1.29 is 8.42 Å². The monoisotopic (exact) mass is 176 g/mol. The minimum atomic E-state index is -2.85. The van der Waals surface area contributed by atoms with Crippen molar-refractivity contribution in [3.8, 4) is 0 Å². The van der Waals surface area contributed by atoms with Gasteiger partial charge in [0, 0.05) is 13.1 Å². The van der Waals surface area contributed by atoms with Crippen molar-refractivity contribution in [2.75, 3.05) is 18.8 Å². The predicted octanol–water partition coefficient (Wildman–Crippen LogP) is 0.636. The van der Waals surface area contributed by atoms with E-state index in [1.54, 1.807) is 4.31 Å². The van der Waals surface area contributed by atoms with Gasteiger partial charge in [0.1, 0.15) is 0 Å². The zero-order valence-corrected chi connectivity index (χ0v) is 7.44. The average molecular weight is 176 g/mol. The van der Waals surface area contributed by atoms with Gasteiger partial charge >= 0.3 is 0 Å². The molecule has 0 atom stereocenters. The molecular weight excluding hydrogens is 162 g/mol. The Bertz CT molecular complexity index is 210. The second-order valence-corrected chi connectivity index (χ2v) is 4.86. The van der Waals surface area contributed by atoms with Crippen LogP contribution in [-0.2, 0) is 10.0 Å². The van der Waals surface area contributed by atoms with Crippen molar-refractivity contribution >= 4 is 10.0 Å². The van der Waals surface area contributed by atoms with Crippen LogP contribution in [-0.4, -0.2) is 31.6 Å². The lowest BCUT2D eigenvalue weighted by Gasteiger charge is -2.12. The Labute approximate surface area is 68.4 Å². The number of hydrogen-bond donors (Lipinski definition) is 0. The molecule has 1 saturated heterocycles. The van der Waals surface area contributed by atoms with E-state index in [-0.39, 0.29) is 0 Å². The Balaban J connectivity index is 2.45. The first-order chi connectivity index (χ1) is 5.17. The molecule has 0 bridgehead atoms. The first kappa shape index (κ1) is 9.00. The molecule has 11 heavy (non-hydrogen) atoms. The smallest absolute Gasteiger partial charge is 0.212 e. The maximum Gasteiger partial charge on any atom is 0.214 e. The van der Waals surface area contributed by atoms with Gasteiger partial charge in [0.25, 0.3) is 0 Å². The van der Waals surface area contributed by atoms with Crippen LogP contribution in [0.4, 0.5) is 0 Å². The molecule has 0 aromatic carbocycles. The van der Waals surface area contributed by atoms with Gasteiger partial charge in [0.05, 0.1) is 5.75 Å². The summed E-state index contributed by atoms with van der Waals surface area (Å²) in [5.74, 6) is 0.337. The normalized spacial score (nSPS) is 24.1. The molecule has 3 nitrogen and oxygen atoms in total. The summed E-state index contributed by atoms with van der Waals surface area (Å²) in [5.41, 5.74) is 0. The first-order valence-corrected chi connectivity index (χ1v) is 5.55. The van der Waals surface area contributed by atoms with E-state index < -0.39 is 10.0 Å². The third kappa shape index (κ3) is 2.17. The number of hydrogen-bond acceptors (Lipinski definition) is 2. The zero-order chi connectivity index (χ0) is 8.32. The van der Waals surface area contributed by atoms with Gasteiger partial charge in [-0.1, -0.05) is 13.3 Å². The molecule has 65 valence electrons. The average Bonchev–Trinajstić information content (AvgIpc) is 2.25. The molecule has 1 fully saturated rings. The molecule has 1 aliphatic rings. The second-order valence-electron chi connectivity index (χ2n) is 2.78. The van der Waals surface area contributed by atoms with Gasteiger partial charge in [-0.2, -0.15) is 0 Å². The Hall–Kier alpha value is -0.0900. The molecule has 0 aromatic rings. The van der Waals surface area contributed by atoms with Crippen LogP contribution in [0, 0.1) is 6.92 Å². The number of unbranched alkanes of at least 4 members (excludes halogenated alkanes) is 1. The van der Waals surface area contributed by atoms with Crippen molar-refractivity contribution in [2.45, 2.75) is 19.3 Å². The molecule has 0 aliphatic carbocycles. The van der Waals surface area contributed by atoms with Crippen LogP contribution in [0.15, 0.2) is 0 Å². The first-order valence-electron chi connectivity index (χ1n) is 3.94. The molecule has 0 unspecified atom stereocenters. The molecule has 4 heteroatoms. The van der Waals surface area contributed by atoms with Gasteiger partial charge in [-0.05, 0) is 12.8 Å². The third-order valence-electron chi connectivity index (χ3n) is 1.86. The van der Waals surface area contributed by atoms with Crippen LogP contribution >= 0.6 is 0 Å². The maximum atomic E-state index is 11.2. The van der Waals surface area contributed by atoms with E-state index in [0.29, 0.717) is 18.8 Å². The van der Waals surface area contributed by atoms with Gasteiger partial charge in [0.2, 0.25) is 10.0 Å². The molecule has 0 aromatic heterocycles. The van der Waals surface area contributed by atoms with E-state index in [4.69, 9.17) is 0 Å². The summed E-state index contributed by atoms with van der Waals surface area (Å²) in [6.45, 7) is 5.04. The second kappa shape index (κ2) is 3.54. The van der Waals surface area contributed by atoms with E-state index in [9.17, 15) is 8.42 Å². The van der Waals surface area contributed by atoms with Gasteiger partial charge in [0.15, 0.2) is 0 Å². The fourth-order valence-electron chi connectivity index (χ4n) is 1.23. The number of rotatable bonds is 3. The van der Waals surface area contributed by atoms with Crippen LogP contribution in [0.1, 0.15) is 19.3 Å². The third-order valence-corrected chi connectivity index (χ3v) is 3.82. The van der Waals surface area contributed by atoms with E-state index >= 15 is 0 Å². The highest BCUT2D eigenvalue weighted by Gasteiger charge is 2.26. The van der Waals surface area contributed by atoms with Crippen molar-refractivity contribution in [3.63, 3.8) is 0 Å². The predicted molar refractivity (Wildman–Crippen MR) is 44.6 cm³/mol. The fourth-order valence-corrected chi connectivity index (χ4v) is 2.80. The standard InChI is InChI=1S/C7H14NO2S/c1-2-3-5-8-6-4-7-11(8,9)10/h1-7H2. The fraction of sp³-hybridized carbons (Fsp3) is 0.857. The molecule has 1 heterocycles. The molecule has 0 amide bonds. The molecule has 0 N–H and O–H groups in total. The summed E-state index contributed by atoms with van der Waals surface area (Å²) >= 11 is 0. The highest BCUT2D eigenvalue weighted by molar-refractivity contribution is 7.89. The van der Waals surface area contributed by atoms with Crippen molar-refractivity contribution in [1.29, 1.82) is 0 Å². The summed E-state index contributed by atoms with van der Waals surface area (Å²) in [6, 6.07) is 0. The maximum absolute atomic E-state index is 11.2. The zero-order valence-electron chi connectivity index (χ0n) is 6.62. The van der Waals surface area contributed by atoms with Crippen molar-refractivity contribution in [1.82, 2.24) is 4.31 Å². The quantitative estimate of drug-likeness (QED) is 0.632. The van der Waals surface area contributed by atoms with Crippen LogP contribution in [0.25, 0.3) is 0 Å². The molecule has 0 saturated carbocycles. The van der Waals surface area contributed by atoms with Crippen LogP contribution in [0.3, 0.4) is 0 Å². The Morgan fingerprint density at radius 1 is 1.45 bits per heavy atom. The van der Waals surface area contributed by atoms with Crippen molar-refractivity contribution in [2.24, 2.45) is 0 Å². The van der Waals surface area contributed by atoms with Crippen molar-refractivity contribution in [3.05, 3.63) is 6.92 Å². The van der Waals surface area contributed by atoms with Gasteiger partial charge in [-0.25, -0.2) is 12.7 Å². The summed E-state index contributed by atoms with van der Waals surface area (Å²) in [4.78, 5) is 0. The summed E-state index contributed by atoms with van der Waals surface area (Å²) in [6.07, 6.45) is 2.48. The van der Waals surface area contributed by atoms with Gasteiger partial charge in [-0.15, -0.1) is 0 Å². The van der Waals surface area contributed by atoms with E-state index in [1.165, 1.54) is 0 Å². The summed E-state index contributed by atoms with van der Waals surface area (Å²) in [5, 5.41) is 0. The SMILES string of the molecule is [CH2]CCCN1CCCS1(=O)=O. The summed E-state index contributed by atoms with van der Waals surface area (Å²) in [7, 11) is -2.85. The molecule has 1 aliphatic heterocycles. The van der Waals surface area contributed by atoms with E-state index in [1.807, 2.05) is 0 Å². The largest absolute Gasteiger partial charge is 0.214 e. The molecule has 0 spiro atoms. The number of sulfonamides is 1. The topological polar surface area (TPSA) is 37.4 Å². The summed E-state index contributed by atoms with van der Waals surface area (Å²) < 4.78 is 23.9. The van der Waals surface area contributed by atoms with Crippen LogP contribution in [0.5, 0.6) is 0 Å². The minimum Gasteiger partial charge on any atom is -0.212 e.